The molecule has 0 fully saturated rings. The standard InChI is InChI=1S/C11H25NOS/c1-10(2)9-12-6-4-8-14-11(3)5-7-13/h10-13H,4-9H2,1-3H3. The van der Waals surface area contributed by atoms with Crippen molar-refractivity contribution in [2.45, 2.75) is 38.9 Å². The molecule has 2 N–H and O–H groups in total. The minimum atomic E-state index is 0.319. The first-order valence-electron chi connectivity index (χ1n) is 5.60. The second-order valence-electron chi connectivity index (χ2n) is 4.15. The minimum absolute atomic E-state index is 0.319. The van der Waals surface area contributed by atoms with Gasteiger partial charge in [-0.2, -0.15) is 11.8 Å². The van der Waals surface area contributed by atoms with Gasteiger partial charge in [-0.25, -0.2) is 0 Å². The van der Waals surface area contributed by atoms with Gasteiger partial charge in [0.25, 0.3) is 0 Å². The third-order valence-corrected chi connectivity index (χ3v) is 3.32. The molecular weight excluding hydrogens is 194 g/mol. The van der Waals surface area contributed by atoms with Crippen LogP contribution in [0.4, 0.5) is 0 Å². The van der Waals surface area contributed by atoms with E-state index in [9.17, 15) is 0 Å². The second-order valence-corrected chi connectivity index (χ2v) is 5.69. The van der Waals surface area contributed by atoms with E-state index in [0.29, 0.717) is 11.9 Å². The van der Waals surface area contributed by atoms with Crippen molar-refractivity contribution in [3.8, 4) is 0 Å². The van der Waals surface area contributed by atoms with E-state index in [0.717, 1.165) is 25.4 Å². The molecule has 1 unspecified atom stereocenters. The quantitative estimate of drug-likeness (QED) is 0.583. The summed E-state index contributed by atoms with van der Waals surface area (Å²) >= 11 is 1.96. The lowest BCUT2D eigenvalue weighted by Crippen LogP contribution is -2.21. The Morgan fingerprint density at radius 2 is 2.00 bits per heavy atom. The first kappa shape index (κ1) is 14.3. The number of thioether (sulfide) groups is 1. The number of hydrogen-bond acceptors (Lipinski definition) is 3. The summed E-state index contributed by atoms with van der Waals surface area (Å²) in [6.45, 7) is 9.20. The molecule has 0 saturated heterocycles. The molecule has 0 heterocycles. The number of nitrogens with one attached hydrogen (secondary N) is 1. The van der Waals surface area contributed by atoms with Crippen molar-refractivity contribution in [1.82, 2.24) is 5.32 Å². The molecule has 1 atom stereocenters. The van der Waals surface area contributed by atoms with Gasteiger partial charge in [-0.3, -0.25) is 0 Å². The van der Waals surface area contributed by atoms with Crippen LogP contribution in [0.1, 0.15) is 33.6 Å². The smallest absolute Gasteiger partial charge is 0.0441 e. The van der Waals surface area contributed by atoms with Gasteiger partial charge >= 0.3 is 0 Å². The summed E-state index contributed by atoms with van der Waals surface area (Å²) in [6.07, 6.45) is 2.15. The Bertz CT molecular complexity index is 120. The van der Waals surface area contributed by atoms with Gasteiger partial charge in [0, 0.05) is 11.9 Å². The summed E-state index contributed by atoms with van der Waals surface area (Å²) in [4.78, 5) is 0. The maximum Gasteiger partial charge on any atom is 0.0441 e. The van der Waals surface area contributed by atoms with Crippen LogP contribution >= 0.6 is 11.8 Å². The van der Waals surface area contributed by atoms with Gasteiger partial charge in [-0.05, 0) is 37.6 Å². The topological polar surface area (TPSA) is 32.3 Å². The van der Waals surface area contributed by atoms with E-state index in [2.05, 4.69) is 26.1 Å². The minimum Gasteiger partial charge on any atom is -0.396 e. The first-order chi connectivity index (χ1) is 6.66. The molecule has 3 heteroatoms. The van der Waals surface area contributed by atoms with Crippen molar-refractivity contribution >= 4 is 11.8 Å². The van der Waals surface area contributed by atoms with E-state index in [4.69, 9.17) is 5.11 Å². The van der Waals surface area contributed by atoms with Crippen molar-refractivity contribution < 1.29 is 5.11 Å². The predicted octanol–water partition coefficient (Wildman–Crippen LogP) is 2.13. The van der Waals surface area contributed by atoms with Crippen LogP contribution in [0.25, 0.3) is 0 Å². The van der Waals surface area contributed by atoms with Gasteiger partial charge < -0.3 is 10.4 Å². The first-order valence-corrected chi connectivity index (χ1v) is 6.65. The van der Waals surface area contributed by atoms with Crippen LogP contribution in [-0.4, -0.2) is 35.8 Å². The second kappa shape index (κ2) is 9.81. The summed E-state index contributed by atoms with van der Waals surface area (Å²) in [7, 11) is 0. The molecule has 2 nitrogen and oxygen atoms in total. The number of aliphatic hydroxyl groups is 1. The Morgan fingerprint density at radius 3 is 2.57 bits per heavy atom. The fourth-order valence-corrected chi connectivity index (χ4v) is 2.12. The molecule has 0 spiro atoms. The van der Waals surface area contributed by atoms with E-state index >= 15 is 0 Å². The fraction of sp³-hybridized carbons (Fsp3) is 1.00. The molecule has 86 valence electrons. The summed E-state index contributed by atoms with van der Waals surface area (Å²) in [5.41, 5.74) is 0. The van der Waals surface area contributed by atoms with E-state index in [-0.39, 0.29) is 0 Å². The Labute approximate surface area is 92.9 Å². The third kappa shape index (κ3) is 10.4. The zero-order valence-electron chi connectivity index (χ0n) is 9.75. The Balaban J connectivity index is 3.05. The summed E-state index contributed by atoms with van der Waals surface area (Å²) < 4.78 is 0. The van der Waals surface area contributed by atoms with Crippen LogP contribution in [0.3, 0.4) is 0 Å². The molecule has 0 aromatic carbocycles. The Morgan fingerprint density at radius 1 is 1.29 bits per heavy atom. The lowest BCUT2D eigenvalue weighted by atomic mass is 10.2. The number of aliphatic hydroxyl groups excluding tert-OH is 1. The van der Waals surface area contributed by atoms with E-state index in [1.165, 1.54) is 12.2 Å². The highest BCUT2D eigenvalue weighted by atomic mass is 32.2. The molecular formula is C11H25NOS. The molecule has 0 bridgehead atoms. The Hall–Kier alpha value is 0.270. The van der Waals surface area contributed by atoms with Gasteiger partial charge in [0.05, 0.1) is 0 Å². The molecule has 0 saturated carbocycles. The van der Waals surface area contributed by atoms with Crippen LogP contribution in [-0.2, 0) is 0 Å². The zero-order valence-corrected chi connectivity index (χ0v) is 10.6. The van der Waals surface area contributed by atoms with Crippen LogP contribution in [0, 0.1) is 5.92 Å². The van der Waals surface area contributed by atoms with Gasteiger partial charge in [-0.1, -0.05) is 20.8 Å². The summed E-state index contributed by atoms with van der Waals surface area (Å²) in [5.74, 6) is 1.95. The average molecular weight is 219 g/mol. The lowest BCUT2D eigenvalue weighted by molar-refractivity contribution is 0.289. The molecule has 0 aromatic rings. The van der Waals surface area contributed by atoms with E-state index in [1.54, 1.807) is 0 Å². The van der Waals surface area contributed by atoms with E-state index in [1.807, 2.05) is 11.8 Å². The SMILES string of the molecule is CC(C)CNCCCSC(C)CCO. The molecule has 0 rings (SSSR count). The van der Waals surface area contributed by atoms with Crippen LogP contribution in [0.15, 0.2) is 0 Å². The number of hydrogen-bond donors (Lipinski definition) is 2. The van der Waals surface area contributed by atoms with Crippen LogP contribution < -0.4 is 5.32 Å². The maximum absolute atomic E-state index is 8.71. The van der Waals surface area contributed by atoms with Crippen LogP contribution in [0.5, 0.6) is 0 Å². The van der Waals surface area contributed by atoms with Gasteiger partial charge in [0.1, 0.15) is 0 Å². The molecule has 0 radical (unpaired) electrons. The largest absolute Gasteiger partial charge is 0.396 e. The highest BCUT2D eigenvalue weighted by Gasteiger charge is 2.00. The Kier molecular flexibility index (Phi) is 10.0. The number of rotatable bonds is 9. The van der Waals surface area contributed by atoms with Crippen molar-refractivity contribution in [2.75, 3.05) is 25.4 Å². The summed E-state index contributed by atoms with van der Waals surface area (Å²) in [6, 6.07) is 0. The molecule has 0 aliphatic heterocycles. The van der Waals surface area contributed by atoms with E-state index < -0.39 is 0 Å². The predicted molar refractivity (Wildman–Crippen MR) is 65.9 cm³/mol. The van der Waals surface area contributed by atoms with Crippen molar-refractivity contribution in [3.63, 3.8) is 0 Å². The highest BCUT2D eigenvalue weighted by molar-refractivity contribution is 7.99. The molecule has 0 amide bonds. The lowest BCUT2D eigenvalue weighted by Gasteiger charge is -2.10. The zero-order chi connectivity index (χ0) is 10.8. The van der Waals surface area contributed by atoms with Crippen molar-refractivity contribution in [2.24, 2.45) is 5.92 Å². The molecule has 14 heavy (non-hydrogen) atoms. The maximum atomic E-state index is 8.71. The van der Waals surface area contributed by atoms with Crippen molar-refractivity contribution in [3.05, 3.63) is 0 Å². The van der Waals surface area contributed by atoms with Crippen molar-refractivity contribution in [1.29, 1.82) is 0 Å². The fourth-order valence-electron chi connectivity index (χ4n) is 1.14. The normalized spacial score (nSPS) is 13.5. The average Bonchev–Trinajstić information content (AvgIpc) is 2.11. The van der Waals surface area contributed by atoms with Gasteiger partial charge in [-0.15, -0.1) is 0 Å². The highest BCUT2D eigenvalue weighted by Crippen LogP contribution is 2.13. The molecule has 0 aliphatic rings. The molecule has 0 aliphatic carbocycles. The van der Waals surface area contributed by atoms with Crippen LogP contribution in [0.2, 0.25) is 0 Å². The molecule has 0 aromatic heterocycles. The van der Waals surface area contributed by atoms with Gasteiger partial charge in [0.2, 0.25) is 0 Å². The monoisotopic (exact) mass is 219 g/mol. The third-order valence-electron chi connectivity index (χ3n) is 1.99. The van der Waals surface area contributed by atoms with Gasteiger partial charge in [0.15, 0.2) is 0 Å². The summed E-state index contributed by atoms with van der Waals surface area (Å²) in [5, 5.41) is 12.7.